The Bertz CT molecular complexity index is 1510. The fourth-order valence-corrected chi connectivity index (χ4v) is 5.39. The van der Waals surface area contributed by atoms with Crippen molar-refractivity contribution >= 4 is 28.6 Å². The highest BCUT2D eigenvalue weighted by molar-refractivity contribution is 6.33. The Labute approximate surface area is 219 Å². The number of rotatable bonds is 5. The van der Waals surface area contributed by atoms with Crippen LogP contribution in [0.25, 0.3) is 33.4 Å². The van der Waals surface area contributed by atoms with Gasteiger partial charge >= 0.3 is 0 Å². The molecule has 0 bridgehead atoms. The first-order valence-corrected chi connectivity index (χ1v) is 13.0. The zero-order valence-electron chi connectivity index (χ0n) is 20.6. The van der Waals surface area contributed by atoms with E-state index in [9.17, 15) is 4.79 Å². The van der Waals surface area contributed by atoms with Crippen molar-refractivity contribution in [3.8, 4) is 22.4 Å². The number of nitrogens with one attached hydrogen (secondary N) is 2. The summed E-state index contributed by atoms with van der Waals surface area (Å²) in [7, 11) is 0. The Morgan fingerprint density at radius 1 is 1.08 bits per heavy atom. The molecule has 0 amide bonds. The maximum Gasteiger partial charge on any atom is 0.260 e. The Morgan fingerprint density at radius 2 is 1.95 bits per heavy atom. The van der Waals surface area contributed by atoms with Crippen molar-refractivity contribution in [2.45, 2.75) is 38.3 Å². The van der Waals surface area contributed by atoms with E-state index in [-0.39, 0.29) is 17.6 Å². The summed E-state index contributed by atoms with van der Waals surface area (Å²) in [4.78, 5) is 32.2. The van der Waals surface area contributed by atoms with E-state index in [1.165, 1.54) is 0 Å². The third-order valence-electron chi connectivity index (χ3n) is 7.02. The monoisotopic (exact) mass is 517 g/mol. The fourth-order valence-electron chi connectivity index (χ4n) is 5.11. The predicted molar refractivity (Wildman–Crippen MR) is 144 cm³/mol. The highest BCUT2D eigenvalue weighted by Crippen LogP contribution is 2.33. The van der Waals surface area contributed by atoms with Crippen LogP contribution in [0.3, 0.4) is 0 Å². The van der Waals surface area contributed by atoms with Gasteiger partial charge in [0, 0.05) is 52.1 Å². The number of fused-ring (bicyclic) bond motifs is 1. The lowest BCUT2D eigenvalue weighted by atomic mass is 10.0. The molecule has 0 spiro atoms. The lowest BCUT2D eigenvalue weighted by Crippen LogP contribution is -2.35. The van der Waals surface area contributed by atoms with Crippen LogP contribution in [0.4, 0.5) is 5.95 Å². The highest BCUT2D eigenvalue weighted by Gasteiger charge is 2.24. The van der Waals surface area contributed by atoms with Crippen molar-refractivity contribution in [3.05, 3.63) is 63.9 Å². The average molecular weight is 518 g/mol. The normalized spacial score (nSPS) is 18.4. The molecule has 3 aromatic heterocycles. The first kappa shape index (κ1) is 24.0. The Balaban J connectivity index is 1.46. The minimum Gasteiger partial charge on any atom is -0.379 e. The van der Waals surface area contributed by atoms with Gasteiger partial charge in [-0.2, -0.15) is 4.98 Å². The SMILES string of the molecule is Cc1cncc(-c2ccc(-c3cc4cnc(N[C@H]5CCOC5)nc4n(C4CCNCC4)c3=O)c(Cl)c2)n1. The molecule has 9 nitrogen and oxygen atoms in total. The molecule has 2 N–H and O–H groups in total. The number of hydrogen-bond acceptors (Lipinski definition) is 8. The summed E-state index contributed by atoms with van der Waals surface area (Å²) in [5, 5.41) is 8.02. The van der Waals surface area contributed by atoms with Gasteiger partial charge in [0.05, 0.1) is 30.2 Å². The van der Waals surface area contributed by atoms with E-state index >= 15 is 0 Å². The van der Waals surface area contributed by atoms with Crippen LogP contribution in [0, 0.1) is 6.92 Å². The van der Waals surface area contributed by atoms with Gasteiger partial charge in [0.15, 0.2) is 0 Å². The fraction of sp³-hybridized carbons (Fsp3) is 0.370. The van der Waals surface area contributed by atoms with Gasteiger partial charge in [0.2, 0.25) is 5.95 Å². The molecular weight excluding hydrogens is 490 g/mol. The van der Waals surface area contributed by atoms with Crippen LogP contribution in [0.5, 0.6) is 0 Å². The summed E-state index contributed by atoms with van der Waals surface area (Å²) in [6.07, 6.45) is 7.80. The highest BCUT2D eigenvalue weighted by atomic mass is 35.5. The summed E-state index contributed by atoms with van der Waals surface area (Å²) < 4.78 is 7.32. The summed E-state index contributed by atoms with van der Waals surface area (Å²) >= 11 is 6.78. The zero-order chi connectivity index (χ0) is 25.4. The maximum absolute atomic E-state index is 14.1. The molecule has 190 valence electrons. The molecule has 5 heterocycles. The predicted octanol–water partition coefficient (Wildman–Crippen LogP) is 4.00. The minimum absolute atomic E-state index is 0.0365. The molecule has 0 aliphatic carbocycles. The number of pyridine rings is 1. The van der Waals surface area contributed by atoms with Crippen LogP contribution >= 0.6 is 11.6 Å². The first-order valence-electron chi connectivity index (χ1n) is 12.6. The van der Waals surface area contributed by atoms with Gasteiger partial charge in [0.25, 0.3) is 5.56 Å². The van der Waals surface area contributed by atoms with E-state index in [0.29, 0.717) is 34.4 Å². The average Bonchev–Trinajstić information content (AvgIpc) is 3.42. The summed E-state index contributed by atoms with van der Waals surface area (Å²) in [5.41, 5.74) is 4.15. The number of aryl methyl sites for hydroxylation is 1. The molecule has 2 aliphatic rings. The topological polar surface area (TPSA) is 107 Å². The lowest BCUT2D eigenvalue weighted by Gasteiger charge is -2.26. The molecule has 6 rings (SSSR count). The number of hydrogen-bond donors (Lipinski definition) is 2. The Kier molecular flexibility index (Phi) is 6.58. The molecule has 4 aromatic rings. The number of aromatic nitrogens is 5. The van der Waals surface area contributed by atoms with Crippen LogP contribution in [-0.4, -0.2) is 56.8 Å². The second-order valence-corrected chi connectivity index (χ2v) is 10.0. The second-order valence-electron chi connectivity index (χ2n) is 9.63. The lowest BCUT2D eigenvalue weighted by molar-refractivity contribution is 0.195. The van der Waals surface area contributed by atoms with Gasteiger partial charge in [-0.1, -0.05) is 23.7 Å². The van der Waals surface area contributed by atoms with Crippen LogP contribution in [0.2, 0.25) is 5.02 Å². The number of benzene rings is 1. The maximum atomic E-state index is 14.1. The van der Waals surface area contributed by atoms with Gasteiger partial charge in [0.1, 0.15) is 5.65 Å². The molecule has 1 atom stereocenters. The van der Waals surface area contributed by atoms with Gasteiger partial charge < -0.3 is 15.4 Å². The van der Waals surface area contributed by atoms with E-state index < -0.39 is 0 Å². The third-order valence-corrected chi connectivity index (χ3v) is 7.33. The van der Waals surface area contributed by atoms with Gasteiger partial charge in [-0.15, -0.1) is 0 Å². The van der Waals surface area contributed by atoms with E-state index in [1.54, 1.807) is 18.6 Å². The Morgan fingerprint density at radius 3 is 2.70 bits per heavy atom. The zero-order valence-corrected chi connectivity index (χ0v) is 21.3. The van der Waals surface area contributed by atoms with Crippen molar-refractivity contribution < 1.29 is 4.74 Å². The minimum atomic E-state index is -0.0988. The molecule has 2 saturated heterocycles. The van der Waals surface area contributed by atoms with Crippen molar-refractivity contribution in [1.29, 1.82) is 0 Å². The van der Waals surface area contributed by atoms with Gasteiger partial charge in [-0.25, -0.2) is 9.97 Å². The van der Waals surface area contributed by atoms with Gasteiger partial charge in [-0.3, -0.25) is 14.3 Å². The molecule has 2 aliphatic heterocycles. The molecule has 0 saturated carbocycles. The summed E-state index contributed by atoms with van der Waals surface area (Å²) in [6, 6.07) is 7.71. The molecule has 2 fully saturated rings. The second kappa shape index (κ2) is 10.2. The number of piperidine rings is 1. The quantitative estimate of drug-likeness (QED) is 0.409. The Hall–Kier alpha value is -3.40. The van der Waals surface area contributed by atoms with E-state index in [1.807, 2.05) is 35.8 Å². The number of halogens is 1. The van der Waals surface area contributed by atoms with E-state index in [2.05, 4.69) is 25.6 Å². The third kappa shape index (κ3) is 4.82. The first-order chi connectivity index (χ1) is 18.1. The van der Waals surface area contributed by atoms with Crippen LogP contribution in [0.1, 0.15) is 31.0 Å². The molecule has 0 unspecified atom stereocenters. The molecule has 10 heteroatoms. The smallest absolute Gasteiger partial charge is 0.260 e. The number of ether oxygens (including phenoxy) is 1. The van der Waals surface area contributed by atoms with Crippen molar-refractivity contribution in [3.63, 3.8) is 0 Å². The van der Waals surface area contributed by atoms with Crippen molar-refractivity contribution in [2.24, 2.45) is 0 Å². The summed E-state index contributed by atoms with van der Waals surface area (Å²) in [6.45, 7) is 4.96. The van der Waals surface area contributed by atoms with E-state index in [0.717, 1.165) is 61.3 Å². The van der Waals surface area contributed by atoms with Crippen molar-refractivity contribution in [2.75, 3.05) is 31.6 Å². The number of nitrogens with zero attached hydrogens (tertiary/aromatic N) is 5. The van der Waals surface area contributed by atoms with Crippen LogP contribution in [0.15, 0.2) is 47.7 Å². The molecule has 0 radical (unpaired) electrons. The molecular formula is C27H28ClN7O2. The standard InChI is InChI=1S/C27H28ClN7O2/c1-16-12-30-14-24(32-16)17-2-3-21(23(28)11-17)22-10-18-13-31-27(33-19-6-9-37-15-19)34-25(18)35(26(22)36)20-4-7-29-8-5-20/h2-3,10-14,19-20,29H,4-9,15H2,1H3,(H,31,33,34)/t19-/m0/s1. The van der Waals surface area contributed by atoms with Crippen molar-refractivity contribution in [1.82, 2.24) is 29.8 Å². The summed E-state index contributed by atoms with van der Waals surface area (Å²) in [5.74, 6) is 0.513. The molecule has 37 heavy (non-hydrogen) atoms. The van der Waals surface area contributed by atoms with E-state index in [4.69, 9.17) is 21.3 Å². The van der Waals surface area contributed by atoms with Crippen LogP contribution < -0.4 is 16.2 Å². The largest absolute Gasteiger partial charge is 0.379 e. The van der Waals surface area contributed by atoms with Crippen LogP contribution in [-0.2, 0) is 4.74 Å². The molecule has 1 aromatic carbocycles. The van der Waals surface area contributed by atoms with Gasteiger partial charge in [-0.05, 0) is 51.4 Å². The number of anilines is 1.